The van der Waals surface area contributed by atoms with Crippen molar-refractivity contribution in [3.63, 3.8) is 0 Å². The number of nitrogens with zero attached hydrogens (tertiary/aromatic N) is 5. The maximum atomic E-state index is 13.5. The number of hydrogen-bond donors (Lipinski definition) is 1. The number of tetrazole rings is 1. The Morgan fingerprint density at radius 3 is 2.73 bits per heavy atom. The average Bonchev–Trinajstić information content (AvgIpc) is 3.48. The van der Waals surface area contributed by atoms with Crippen molar-refractivity contribution >= 4 is 10.9 Å². The standard InChI is InChI=1S/C25H34N6O2/c1-16-12-17(2)20-14-21(25(32)26-22(20)13-16)23(30(3)18-8-5-4-6-9-18)24-27-28-29-31(24)15-19-10-7-11-33-19/h12-14,18-19,23H,4-11,15H2,1-3H3,(H,26,32)/t19-,23-/m0/s1. The van der Waals surface area contributed by atoms with Crippen LogP contribution < -0.4 is 5.56 Å². The maximum Gasteiger partial charge on any atom is 0.253 e. The van der Waals surface area contributed by atoms with Gasteiger partial charge in [-0.15, -0.1) is 5.10 Å². The van der Waals surface area contributed by atoms with Crippen LogP contribution in [0.3, 0.4) is 0 Å². The summed E-state index contributed by atoms with van der Waals surface area (Å²) in [5, 5.41) is 13.9. The highest BCUT2D eigenvalue weighted by Gasteiger charge is 2.33. The number of fused-ring (bicyclic) bond motifs is 1. The summed E-state index contributed by atoms with van der Waals surface area (Å²) in [5.41, 5.74) is 3.79. The Bertz CT molecular complexity index is 1170. The molecule has 33 heavy (non-hydrogen) atoms. The van der Waals surface area contributed by atoms with E-state index < -0.39 is 0 Å². The van der Waals surface area contributed by atoms with Crippen molar-refractivity contribution in [2.45, 2.75) is 83.5 Å². The van der Waals surface area contributed by atoms with Crippen LogP contribution in [0.15, 0.2) is 23.0 Å². The second-order valence-corrected chi connectivity index (χ2v) is 9.81. The summed E-state index contributed by atoms with van der Waals surface area (Å²) < 4.78 is 7.71. The molecule has 8 nitrogen and oxygen atoms in total. The van der Waals surface area contributed by atoms with E-state index in [9.17, 15) is 4.79 Å². The quantitative estimate of drug-likeness (QED) is 0.616. The molecule has 1 aliphatic carbocycles. The van der Waals surface area contributed by atoms with Gasteiger partial charge in [0.2, 0.25) is 0 Å². The zero-order valence-electron chi connectivity index (χ0n) is 19.9. The molecule has 5 rings (SSSR count). The molecule has 0 unspecified atom stereocenters. The van der Waals surface area contributed by atoms with E-state index in [4.69, 9.17) is 4.74 Å². The molecule has 176 valence electrons. The SMILES string of the molecule is Cc1cc(C)c2cc([C@@H](c3nnnn3C[C@@H]3CCCO3)N(C)C3CCCCC3)c(=O)[nH]c2c1. The Morgan fingerprint density at radius 2 is 1.97 bits per heavy atom. The third-order valence-corrected chi connectivity index (χ3v) is 7.40. The Morgan fingerprint density at radius 1 is 1.15 bits per heavy atom. The van der Waals surface area contributed by atoms with E-state index in [1.54, 1.807) is 0 Å². The lowest BCUT2D eigenvalue weighted by atomic mass is 9.92. The molecule has 1 aliphatic heterocycles. The van der Waals surface area contributed by atoms with E-state index in [0.29, 0.717) is 24.0 Å². The fourth-order valence-corrected chi connectivity index (χ4v) is 5.65. The average molecular weight is 451 g/mol. The van der Waals surface area contributed by atoms with Crippen LogP contribution in [-0.2, 0) is 11.3 Å². The van der Waals surface area contributed by atoms with Gasteiger partial charge in [0, 0.05) is 29.1 Å². The van der Waals surface area contributed by atoms with Crippen molar-refractivity contribution in [3.05, 3.63) is 51.1 Å². The van der Waals surface area contributed by atoms with Gasteiger partial charge in [-0.25, -0.2) is 4.68 Å². The summed E-state index contributed by atoms with van der Waals surface area (Å²) in [6.45, 7) is 5.55. The van der Waals surface area contributed by atoms with Gasteiger partial charge in [0.25, 0.3) is 5.56 Å². The number of rotatable bonds is 6. The molecule has 3 aromatic rings. The predicted molar refractivity (Wildman–Crippen MR) is 127 cm³/mol. The second kappa shape index (κ2) is 9.35. The third-order valence-electron chi connectivity index (χ3n) is 7.40. The van der Waals surface area contributed by atoms with Crippen LogP contribution in [0.4, 0.5) is 0 Å². The highest BCUT2D eigenvalue weighted by atomic mass is 16.5. The largest absolute Gasteiger partial charge is 0.376 e. The van der Waals surface area contributed by atoms with E-state index in [-0.39, 0.29) is 17.7 Å². The minimum atomic E-state index is -0.321. The lowest BCUT2D eigenvalue weighted by Gasteiger charge is -2.36. The Hall–Kier alpha value is -2.58. The monoisotopic (exact) mass is 450 g/mol. The van der Waals surface area contributed by atoms with Crippen LogP contribution >= 0.6 is 0 Å². The van der Waals surface area contributed by atoms with Crippen LogP contribution in [0.5, 0.6) is 0 Å². The molecular formula is C25H34N6O2. The van der Waals surface area contributed by atoms with Crippen LogP contribution in [0.2, 0.25) is 0 Å². The van der Waals surface area contributed by atoms with E-state index in [0.717, 1.165) is 54.3 Å². The number of aryl methyl sites for hydroxylation is 2. The Labute approximate surface area is 194 Å². The van der Waals surface area contributed by atoms with Crippen molar-refractivity contribution in [1.82, 2.24) is 30.1 Å². The van der Waals surface area contributed by atoms with Gasteiger partial charge in [-0.3, -0.25) is 9.69 Å². The number of H-pyrrole nitrogens is 1. The van der Waals surface area contributed by atoms with Crippen molar-refractivity contribution in [3.8, 4) is 0 Å². The topological polar surface area (TPSA) is 88.9 Å². The fourth-order valence-electron chi connectivity index (χ4n) is 5.65. The number of pyridine rings is 1. The first kappa shape index (κ1) is 22.2. The molecular weight excluding hydrogens is 416 g/mol. The molecule has 3 heterocycles. The normalized spacial score (nSPS) is 20.7. The van der Waals surface area contributed by atoms with Crippen LogP contribution in [0, 0.1) is 13.8 Å². The molecule has 2 aliphatic rings. The first-order chi connectivity index (χ1) is 16.0. The predicted octanol–water partition coefficient (Wildman–Crippen LogP) is 3.66. The molecule has 8 heteroatoms. The summed E-state index contributed by atoms with van der Waals surface area (Å²) in [7, 11) is 2.12. The van der Waals surface area contributed by atoms with Crippen molar-refractivity contribution < 1.29 is 4.74 Å². The van der Waals surface area contributed by atoms with Gasteiger partial charge in [-0.1, -0.05) is 25.3 Å². The van der Waals surface area contributed by atoms with Gasteiger partial charge in [-0.2, -0.15) is 0 Å². The van der Waals surface area contributed by atoms with Gasteiger partial charge < -0.3 is 9.72 Å². The molecule has 1 N–H and O–H groups in total. The number of benzene rings is 1. The van der Waals surface area contributed by atoms with E-state index in [1.807, 2.05) is 10.7 Å². The van der Waals surface area contributed by atoms with Crippen LogP contribution in [0.1, 0.15) is 73.5 Å². The lowest BCUT2D eigenvalue weighted by Crippen LogP contribution is -2.40. The molecule has 1 saturated heterocycles. The zero-order chi connectivity index (χ0) is 22.9. The smallest absolute Gasteiger partial charge is 0.253 e. The summed E-state index contributed by atoms with van der Waals surface area (Å²) in [4.78, 5) is 18.9. The van der Waals surface area contributed by atoms with Gasteiger partial charge in [0.05, 0.1) is 12.6 Å². The first-order valence-electron chi connectivity index (χ1n) is 12.2. The lowest BCUT2D eigenvalue weighted by molar-refractivity contribution is 0.0894. The van der Waals surface area contributed by atoms with Gasteiger partial charge >= 0.3 is 0 Å². The third kappa shape index (κ3) is 4.46. The highest BCUT2D eigenvalue weighted by molar-refractivity contribution is 5.83. The number of nitrogens with one attached hydrogen (secondary N) is 1. The number of ether oxygens (including phenoxy) is 1. The van der Waals surface area contributed by atoms with Gasteiger partial charge in [-0.05, 0) is 80.3 Å². The molecule has 0 amide bonds. The van der Waals surface area contributed by atoms with E-state index >= 15 is 0 Å². The summed E-state index contributed by atoms with van der Waals surface area (Å²) in [6, 6.07) is 6.32. The summed E-state index contributed by atoms with van der Waals surface area (Å²) in [5.74, 6) is 0.716. The summed E-state index contributed by atoms with van der Waals surface area (Å²) >= 11 is 0. The summed E-state index contributed by atoms with van der Waals surface area (Å²) in [6.07, 6.45) is 8.17. The number of aromatic nitrogens is 5. The molecule has 0 radical (unpaired) electrons. The van der Waals surface area contributed by atoms with Crippen molar-refractivity contribution in [1.29, 1.82) is 0 Å². The molecule has 0 spiro atoms. The fraction of sp³-hybridized carbons (Fsp3) is 0.600. The molecule has 2 fully saturated rings. The molecule has 0 bridgehead atoms. The van der Waals surface area contributed by atoms with Gasteiger partial charge in [0.1, 0.15) is 6.04 Å². The highest BCUT2D eigenvalue weighted by Crippen LogP contribution is 2.33. The molecule has 1 aromatic carbocycles. The first-order valence-corrected chi connectivity index (χ1v) is 12.2. The zero-order valence-corrected chi connectivity index (χ0v) is 19.9. The van der Waals surface area contributed by atoms with Crippen molar-refractivity contribution in [2.75, 3.05) is 13.7 Å². The van der Waals surface area contributed by atoms with Crippen LogP contribution in [0.25, 0.3) is 10.9 Å². The second-order valence-electron chi connectivity index (χ2n) is 9.81. The molecule has 2 atom stereocenters. The molecule has 1 saturated carbocycles. The minimum Gasteiger partial charge on any atom is -0.376 e. The van der Waals surface area contributed by atoms with E-state index in [2.05, 4.69) is 58.4 Å². The maximum absolute atomic E-state index is 13.5. The Kier molecular flexibility index (Phi) is 6.29. The number of hydrogen-bond acceptors (Lipinski definition) is 6. The van der Waals surface area contributed by atoms with Gasteiger partial charge in [0.15, 0.2) is 5.82 Å². The van der Waals surface area contributed by atoms with E-state index in [1.165, 1.54) is 19.3 Å². The number of aromatic amines is 1. The van der Waals surface area contributed by atoms with Crippen molar-refractivity contribution in [2.24, 2.45) is 0 Å². The minimum absolute atomic E-state index is 0.0770. The Balaban J connectivity index is 1.61. The molecule has 2 aromatic heterocycles. The van der Waals surface area contributed by atoms with Crippen LogP contribution in [-0.4, -0.2) is 55.9 Å².